The summed E-state index contributed by atoms with van der Waals surface area (Å²) in [6, 6.07) is 7.95. The highest BCUT2D eigenvalue weighted by atomic mass is 32.2. The van der Waals surface area contributed by atoms with E-state index in [2.05, 4.69) is 4.98 Å². The number of ether oxygens (including phenoxy) is 1. The predicted octanol–water partition coefficient (Wildman–Crippen LogP) is 2.02. The molecular formula is C13H13NO4S. The molecule has 100 valence electrons. The third kappa shape index (κ3) is 2.53. The molecule has 1 N–H and O–H groups in total. The van der Waals surface area contributed by atoms with Crippen LogP contribution in [0.3, 0.4) is 0 Å². The molecule has 0 bridgehead atoms. The monoisotopic (exact) mass is 279 g/mol. The molecule has 5 nitrogen and oxygen atoms in total. The van der Waals surface area contributed by atoms with Crippen LogP contribution in [-0.2, 0) is 14.6 Å². The number of H-pyrrole nitrogens is 1. The van der Waals surface area contributed by atoms with Crippen LogP contribution >= 0.6 is 0 Å². The maximum atomic E-state index is 12.4. The molecule has 0 spiro atoms. The fourth-order valence-electron chi connectivity index (χ4n) is 1.67. The number of hydrogen-bond donors (Lipinski definition) is 1. The molecular weight excluding hydrogens is 266 g/mol. The number of hydrogen-bond acceptors (Lipinski definition) is 4. The van der Waals surface area contributed by atoms with Crippen LogP contribution in [0.1, 0.15) is 17.3 Å². The summed E-state index contributed by atoms with van der Waals surface area (Å²) in [5, 5.41) is 0. The van der Waals surface area contributed by atoms with Crippen molar-refractivity contribution in [2.75, 3.05) is 6.61 Å². The minimum atomic E-state index is -3.72. The zero-order chi connectivity index (χ0) is 13.9. The van der Waals surface area contributed by atoms with Gasteiger partial charge < -0.3 is 9.72 Å². The molecule has 0 saturated carbocycles. The van der Waals surface area contributed by atoms with Crippen LogP contribution in [0.2, 0.25) is 0 Å². The van der Waals surface area contributed by atoms with E-state index in [0.29, 0.717) is 0 Å². The van der Waals surface area contributed by atoms with Gasteiger partial charge in [-0.3, -0.25) is 0 Å². The normalized spacial score (nSPS) is 11.2. The van der Waals surface area contributed by atoms with Gasteiger partial charge in [0.1, 0.15) is 4.90 Å². The van der Waals surface area contributed by atoms with Gasteiger partial charge in [-0.2, -0.15) is 0 Å². The standard InChI is InChI=1S/C13H13NO4S/c1-2-18-13(15)11-8-14-9-12(11)19(16,17)10-6-4-3-5-7-10/h3-9,14H,2H2,1H3. The fraction of sp³-hybridized carbons (Fsp3) is 0.154. The zero-order valence-electron chi connectivity index (χ0n) is 10.3. The molecule has 0 aliphatic heterocycles. The average Bonchev–Trinajstić information content (AvgIpc) is 2.90. The highest BCUT2D eigenvalue weighted by molar-refractivity contribution is 7.91. The van der Waals surface area contributed by atoms with E-state index in [-0.39, 0.29) is 22.0 Å². The van der Waals surface area contributed by atoms with Crippen molar-refractivity contribution in [3.05, 3.63) is 48.3 Å². The highest BCUT2D eigenvalue weighted by Crippen LogP contribution is 2.24. The maximum Gasteiger partial charge on any atom is 0.341 e. The zero-order valence-corrected chi connectivity index (χ0v) is 11.1. The van der Waals surface area contributed by atoms with Crippen molar-refractivity contribution in [2.24, 2.45) is 0 Å². The van der Waals surface area contributed by atoms with E-state index >= 15 is 0 Å². The Hall–Kier alpha value is -2.08. The Morgan fingerprint density at radius 1 is 1.21 bits per heavy atom. The number of rotatable bonds is 4. The summed E-state index contributed by atoms with van der Waals surface area (Å²) in [4.78, 5) is 14.4. The molecule has 6 heteroatoms. The lowest BCUT2D eigenvalue weighted by Gasteiger charge is -2.05. The Bertz CT molecular complexity index is 674. The van der Waals surface area contributed by atoms with Crippen molar-refractivity contribution in [2.45, 2.75) is 16.7 Å². The maximum absolute atomic E-state index is 12.4. The third-order valence-corrected chi connectivity index (χ3v) is 4.36. The number of carbonyl (C=O) groups excluding carboxylic acids is 1. The number of sulfone groups is 1. The molecule has 0 aliphatic rings. The third-order valence-electron chi connectivity index (χ3n) is 2.55. The van der Waals surface area contributed by atoms with Crippen LogP contribution in [0, 0.1) is 0 Å². The molecule has 0 atom stereocenters. The first-order valence-electron chi connectivity index (χ1n) is 5.71. The Kier molecular flexibility index (Phi) is 3.71. The predicted molar refractivity (Wildman–Crippen MR) is 68.6 cm³/mol. The minimum Gasteiger partial charge on any atom is -0.462 e. The van der Waals surface area contributed by atoms with Crippen molar-refractivity contribution in [1.29, 1.82) is 0 Å². The molecule has 0 aliphatic carbocycles. The van der Waals surface area contributed by atoms with Crippen LogP contribution in [0.5, 0.6) is 0 Å². The van der Waals surface area contributed by atoms with Gasteiger partial charge in [0.05, 0.1) is 17.1 Å². The second kappa shape index (κ2) is 5.27. The molecule has 0 fully saturated rings. The molecule has 2 aromatic rings. The molecule has 2 rings (SSSR count). The molecule has 1 aromatic carbocycles. The lowest BCUT2D eigenvalue weighted by Crippen LogP contribution is -2.10. The van der Waals surface area contributed by atoms with Crippen LogP contribution in [0.25, 0.3) is 0 Å². The van der Waals surface area contributed by atoms with E-state index in [1.165, 1.54) is 24.5 Å². The second-order valence-electron chi connectivity index (χ2n) is 3.77. The van der Waals surface area contributed by atoms with Gasteiger partial charge in [0.15, 0.2) is 0 Å². The lowest BCUT2D eigenvalue weighted by atomic mass is 10.3. The summed E-state index contributed by atoms with van der Waals surface area (Å²) in [6.07, 6.45) is 2.61. The molecule has 0 amide bonds. The quantitative estimate of drug-likeness (QED) is 0.869. The molecule has 0 radical (unpaired) electrons. The van der Waals surface area contributed by atoms with Crippen LogP contribution < -0.4 is 0 Å². The molecule has 0 unspecified atom stereocenters. The van der Waals surface area contributed by atoms with E-state index in [9.17, 15) is 13.2 Å². The van der Waals surface area contributed by atoms with E-state index in [1.807, 2.05) is 0 Å². The molecule has 1 aromatic heterocycles. The van der Waals surface area contributed by atoms with Crippen molar-refractivity contribution in [1.82, 2.24) is 4.98 Å². The van der Waals surface area contributed by atoms with Gasteiger partial charge in [-0.15, -0.1) is 0 Å². The van der Waals surface area contributed by atoms with Crippen LogP contribution in [0.4, 0.5) is 0 Å². The number of esters is 1. The number of nitrogens with one attached hydrogen (secondary N) is 1. The Balaban J connectivity index is 2.49. The summed E-state index contributed by atoms with van der Waals surface area (Å²) >= 11 is 0. The number of aromatic nitrogens is 1. The average molecular weight is 279 g/mol. The Labute approximate surface area is 111 Å². The molecule has 19 heavy (non-hydrogen) atoms. The number of benzene rings is 1. The highest BCUT2D eigenvalue weighted by Gasteiger charge is 2.25. The summed E-state index contributed by atoms with van der Waals surface area (Å²) < 4.78 is 29.6. The van der Waals surface area contributed by atoms with Gasteiger partial charge in [-0.25, -0.2) is 13.2 Å². The second-order valence-corrected chi connectivity index (χ2v) is 5.69. The van der Waals surface area contributed by atoms with Crippen molar-refractivity contribution >= 4 is 15.8 Å². The van der Waals surface area contributed by atoms with E-state index in [0.717, 1.165) is 0 Å². The van der Waals surface area contributed by atoms with Gasteiger partial charge in [0.2, 0.25) is 9.84 Å². The van der Waals surface area contributed by atoms with Gasteiger partial charge in [0, 0.05) is 12.4 Å². The van der Waals surface area contributed by atoms with Gasteiger partial charge in [0.25, 0.3) is 0 Å². The van der Waals surface area contributed by atoms with Crippen molar-refractivity contribution in [3.8, 4) is 0 Å². The first kappa shape index (κ1) is 13.4. The van der Waals surface area contributed by atoms with E-state index in [4.69, 9.17) is 4.74 Å². The van der Waals surface area contributed by atoms with Crippen molar-refractivity contribution < 1.29 is 17.9 Å². The van der Waals surface area contributed by atoms with Crippen LogP contribution in [0.15, 0.2) is 52.5 Å². The van der Waals surface area contributed by atoms with E-state index < -0.39 is 15.8 Å². The lowest BCUT2D eigenvalue weighted by molar-refractivity contribution is 0.0522. The molecule has 1 heterocycles. The Morgan fingerprint density at radius 3 is 2.53 bits per heavy atom. The fourth-order valence-corrected chi connectivity index (χ4v) is 3.09. The topological polar surface area (TPSA) is 76.2 Å². The largest absolute Gasteiger partial charge is 0.462 e. The van der Waals surface area contributed by atoms with E-state index in [1.54, 1.807) is 25.1 Å². The summed E-state index contributed by atoms with van der Waals surface area (Å²) in [5.74, 6) is -0.654. The van der Waals surface area contributed by atoms with Crippen molar-refractivity contribution in [3.63, 3.8) is 0 Å². The van der Waals surface area contributed by atoms with Gasteiger partial charge >= 0.3 is 5.97 Å². The summed E-state index contributed by atoms with van der Waals surface area (Å²) in [7, 11) is -3.72. The minimum absolute atomic E-state index is 0.0192. The number of carbonyl (C=O) groups is 1. The summed E-state index contributed by atoms with van der Waals surface area (Å²) in [6.45, 7) is 1.85. The van der Waals surface area contributed by atoms with Gasteiger partial charge in [-0.1, -0.05) is 18.2 Å². The van der Waals surface area contributed by atoms with Gasteiger partial charge in [-0.05, 0) is 19.1 Å². The first-order valence-corrected chi connectivity index (χ1v) is 7.19. The summed E-state index contributed by atoms with van der Waals surface area (Å²) in [5.41, 5.74) is 0.0192. The molecule has 0 saturated heterocycles. The Morgan fingerprint density at radius 2 is 1.89 bits per heavy atom. The SMILES string of the molecule is CCOC(=O)c1c[nH]cc1S(=O)(=O)c1ccccc1. The van der Waals surface area contributed by atoms with Crippen LogP contribution in [-0.4, -0.2) is 26.0 Å². The number of aromatic amines is 1. The smallest absolute Gasteiger partial charge is 0.341 e. The first-order chi connectivity index (χ1) is 9.07.